The Morgan fingerprint density at radius 3 is 2.70 bits per heavy atom. The maximum Gasteiger partial charge on any atom is 0.309 e. The molecule has 0 bridgehead atoms. The zero-order chi connectivity index (χ0) is 7.82. The van der Waals surface area contributed by atoms with Gasteiger partial charge in [0.15, 0.2) is 0 Å². The topological polar surface area (TPSA) is 44.8 Å². The van der Waals surface area contributed by atoms with E-state index in [1.165, 1.54) is 26.6 Å². The van der Waals surface area contributed by atoms with Crippen LogP contribution in [-0.4, -0.2) is 20.2 Å². The smallest absolute Gasteiger partial charge is 0.309 e. The Bertz CT molecular complexity index is 119. The number of hydrogen-bond donors (Lipinski definition) is 0. The molecule has 0 aromatic rings. The lowest BCUT2D eigenvalue weighted by molar-refractivity contribution is -0.222. The van der Waals surface area contributed by atoms with Gasteiger partial charge < -0.3 is 9.62 Å². The first-order valence-corrected chi connectivity index (χ1v) is 2.72. The molecule has 0 aliphatic heterocycles. The van der Waals surface area contributed by atoms with Crippen LogP contribution in [0.5, 0.6) is 0 Å². The van der Waals surface area contributed by atoms with Gasteiger partial charge in [0.2, 0.25) is 0 Å². The molecule has 0 spiro atoms. The summed E-state index contributed by atoms with van der Waals surface area (Å²) in [7, 11) is 2.70. The van der Waals surface area contributed by atoms with Crippen LogP contribution in [-0.2, 0) is 19.3 Å². The number of ether oxygens (including phenoxy) is 1. The Balaban J connectivity index is 3.25. The van der Waals surface area contributed by atoms with Crippen molar-refractivity contribution in [3.8, 4) is 0 Å². The van der Waals surface area contributed by atoms with Gasteiger partial charge in [-0.05, 0) is 6.08 Å². The van der Waals surface area contributed by atoms with E-state index in [4.69, 9.17) is 0 Å². The molecule has 4 heteroatoms. The molecule has 58 valence electrons. The molecule has 0 fully saturated rings. The Morgan fingerprint density at radius 1 is 1.50 bits per heavy atom. The fourth-order valence-electron chi connectivity index (χ4n) is 0.323. The molecule has 0 heterocycles. The molecule has 0 aliphatic rings. The lowest BCUT2D eigenvalue weighted by Crippen LogP contribution is -1.96. The third kappa shape index (κ3) is 5.11. The van der Waals surface area contributed by atoms with Crippen LogP contribution in [0.2, 0.25) is 0 Å². The van der Waals surface area contributed by atoms with Gasteiger partial charge in [0.25, 0.3) is 0 Å². The summed E-state index contributed by atoms with van der Waals surface area (Å²) in [6.45, 7) is 0. The van der Waals surface area contributed by atoms with Gasteiger partial charge in [-0.2, -0.15) is 4.89 Å². The van der Waals surface area contributed by atoms with E-state index < -0.39 is 0 Å². The molecule has 0 N–H and O–H groups in total. The van der Waals surface area contributed by atoms with Crippen LogP contribution in [0.4, 0.5) is 0 Å². The van der Waals surface area contributed by atoms with Crippen molar-refractivity contribution in [2.45, 2.75) is 6.42 Å². The van der Waals surface area contributed by atoms with Crippen LogP contribution in [0.25, 0.3) is 0 Å². The second-order valence-electron chi connectivity index (χ2n) is 1.41. The second kappa shape index (κ2) is 6.10. The minimum Gasteiger partial charge on any atom is -0.469 e. The first-order chi connectivity index (χ1) is 4.81. The highest BCUT2D eigenvalue weighted by atomic mass is 17.2. The van der Waals surface area contributed by atoms with Crippen molar-refractivity contribution in [2.24, 2.45) is 0 Å². The van der Waals surface area contributed by atoms with E-state index in [1.807, 2.05) is 0 Å². The molecule has 4 nitrogen and oxygen atoms in total. The molecule has 0 saturated carbocycles. The van der Waals surface area contributed by atoms with Crippen molar-refractivity contribution in [1.29, 1.82) is 0 Å². The highest BCUT2D eigenvalue weighted by Gasteiger charge is 1.92. The van der Waals surface area contributed by atoms with E-state index in [0.29, 0.717) is 0 Å². The summed E-state index contributed by atoms with van der Waals surface area (Å²) in [5.74, 6) is -0.309. The van der Waals surface area contributed by atoms with Crippen molar-refractivity contribution in [1.82, 2.24) is 0 Å². The highest BCUT2D eigenvalue weighted by molar-refractivity contribution is 5.70. The summed E-state index contributed by atoms with van der Waals surface area (Å²) in [5, 5.41) is 0. The number of carbonyl (C=O) groups excluding carboxylic acids is 1. The van der Waals surface area contributed by atoms with Crippen molar-refractivity contribution in [2.75, 3.05) is 14.2 Å². The Kier molecular flexibility index (Phi) is 5.47. The first kappa shape index (κ1) is 8.97. The van der Waals surface area contributed by atoms with Gasteiger partial charge in [-0.3, -0.25) is 4.79 Å². The Labute approximate surface area is 59.3 Å². The normalized spacial score (nSPS) is 9.80. The predicted molar refractivity (Wildman–Crippen MR) is 33.9 cm³/mol. The predicted octanol–water partition coefficient (Wildman–Crippen LogP) is 0.641. The van der Waals surface area contributed by atoms with E-state index in [2.05, 4.69) is 14.5 Å². The highest BCUT2D eigenvalue weighted by Crippen LogP contribution is 1.86. The Hall–Kier alpha value is -1.03. The van der Waals surface area contributed by atoms with Crippen molar-refractivity contribution in [3.05, 3.63) is 12.3 Å². The van der Waals surface area contributed by atoms with E-state index >= 15 is 0 Å². The molecule has 0 amide bonds. The van der Waals surface area contributed by atoms with E-state index in [-0.39, 0.29) is 12.4 Å². The number of esters is 1. The van der Waals surface area contributed by atoms with E-state index in [9.17, 15) is 4.79 Å². The van der Waals surface area contributed by atoms with Gasteiger partial charge in [0, 0.05) is 0 Å². The molecular formula is C6H10O4. The van der Waals surface area contributed by atoms with E-state index in [0.717, 1.165) is 0 Å². The SMILES string of the molecule is COO/C=C\CC(=O)OC. The number of hydrogen-bond acceptors (Lipinski definition) is 4. The molecule has 0 saturated heterocycles. The summed E-state index contributed by atoms with van der Waals surface area (Å²) < 4.78 is 4.34. The Morgan fingerprint density at radius 2 is 2.20 bits per heavy atom. The van der Waals surface area contributed by atoms with Crippen LogP contribution in [0, 0.1) is 0 Å². The summed E-state index contributed by atoms with van der Waals surface area (Å²) in [4.78, 5) is 19.0. The molecule has 0 unspecified atom stereocenters. The maximum absolute atomic E-state index is 10.4. The molecule has 0 aliphatic carbocycles. The fraction of sp³-hybridized carbons (Fsp3) is 0.500. The van der Waals surface area contributed by atoms with Gasteiger partial charge in [0.1, 0.15) is 6.26 Å². The summed E-state index contributed by atoms with van der Waals surface area (Å²) in [6, 6.07) is 0. The van der Waals surface area contributed by atoms with Gasteiger partial charge >= 0.3 is 5.97 Å². The van der Waals surface area contributed by atoms with Crippen LogP contribution in [0.3, 0.4) is 0 Å². The minimum absolute atomic E-state index is 0.194. The first-order valence-electron chi connectivity index (χ1n) is 2.72. The number of methoxy groups -OCH3 is 1. The van der Waals surface area contributed by atoms with Crippen molar-refractivity contribution >= 4 is 5.97 Å². The quantitative estimate of drug-likeness (QED) is 0.253. The number of rotatable bonds is 4. The molecule has 0 aromatic carbocycles. The maximum atomic E-state index is 10.4. The van der Waals surface area contributed by atoms with Gasteiger partial charge in [-0.15, -0.1) is 0 Å². The molecule has 0 rings (SSSR count). The zero-order valence-corrected chi connectivity index (χ0v) is 5.99. The van der Waals surface area contributed by atoms with Gasteiger partial charge in [-0.25, -0.2) is 0 Å². The minimum atomic E-state index is -0.309. The third-order valence-electron chi connectivity index (χ3n) is 0.760. The van der Waals surface area contributed by atoms with Crippen LogP contribution in [0.15, 0.2) is 12.3 Å². The standard InChI is InChI=1S/C6H10O4/c1-8-6(7)4-3-5-10-9-2/h3,5H,4H2,1-2H3/b5-3-. The largest absolute Gasteiger partial charge is 0.469 e. The molecular weight excluding hydrogens is 136 g/mol. The average Bonchev–Trinajstić information content (AvgIpc) is 1.98. The summed E-state index contributed by atoms with van der Waals surface area (Å²) in [6.07, 6.45) is 2.96. The lowest BCUT2D eigenvalue weighted by Gasteiger charge is -1.92. The molecule has 10 heavy (non-hydrogen) atoms. The molecule has 0 aromatic heterocycles. The van der Waals surface area contributed by atoms with Crippen LogP contribution in [0.1, 0.15) is 6.42 Å². The molecule has 0 radical (unpaired) electrons. The summed E-state index contributed by atoms with van der Waals surface area (Å²) in [5.41, 5.74) is 0. The van der Waals surface area contributed by atoms with Gasteiger partial charge in [0.05, 0.1) is 20.6 Å². The fourth-order valence-corrected chi connectivity index (χ4v) is 0.323. The van der Waals surface area contributed by atoms with Gasteiger partial charge in [-0.1, -0.05) is 0 Å². The number of carbonyl (C=O) groups is 1. The van der Waals surface area contributed by atoms with Crippen LogP contribution < -0.4 is 0 Å². The lowest BCUT2D eigenvalue weighted by atomic mass is 10.4. The average molecular weight is 146 g/mol. The zero-order valence-electron chi connectivity index (χ0n) is 5.99. The summed E-state index contributed by atoms with van der Waals surface area (Å²) >= 11 is 0. The van der Waals surface area contributed by atoms with Crippen molar-refractivity contribution in [3.63, 3.8) is 0 Å². The monoisotopic (exact) mass is 146 g/mol. The van der Waals surface area contributed by atoms with Crippen LogP contribution >= 0.6 is 0 Å². The molecule has 0 atom stereocenters. The van der Waals surface area contributed by atoms with E-state index in [1.54, 1.807) is 0 Å². The third-order valence-corrected chi connectivity index (χ3v) is 0.760. The van der Waals surface area contributed by atoms with Crippen molar-refractivity contribution < 1.29 is 19.3 Å². The second-order valence-corrected chi connectivity index (χ2v) is 1.41.